The number of benzene rings is 2. The smallest absolute Gasteiger partial charge is 0.338 e. The maximum Gasteiger partial charge on any atom is 0.417 e. The summed E-state index contributed by atoms with van der Waals surface area (Å²) >= 11 is 0. The molecular formula is C24H26ClF3N2. The fraction of sp³-hybridized carbons (Fsp3) is 0.375. The fourth-order valence-electron chi connectivity index (χ4n) is 4.10. The van der Waals surface area contributed by atoms with E-state index in [-0.39, 0.29) is 18.0 Å². The molecule has 2 nitrogen and oxygen atoms in total. The summed E-state index contributed by atoms with van der Waals surface area (Å²) in [5.74, 6) is 1.30. The van der Waals surface area contributed by atoms with Gasteiger partial charge in [0.2, 0.25) is 0 Å². The molecule has 1 aliphatic rings. The second-order valence-corrected chi connectivity index (χ2v) is 8.76. The van der Waals surface area contributed by atoms with Crippen LogP contribution in [0.4, 0.5) is 13.2 Å². The van der Waals surface area contributed by atoms with Crippen LogP contribution in [0.15, 0.2) is 48.5 Å². The van der Waals surface area contributed by atoms with E-state index in [2.05, 4.69) is 29.9 Å². The van der Waals surface area contributed by atoms with Gasteiger partial charge in [0.15, 0.2) is 0 Å². The number of nitrogens with zero attached hydrogens (tertiary/aromatic N) is 1. The highest BCUT2D eigenvalue weighted by atomic mass is 35.5. The van der Waals surface area contributed by atoms with Gasteiger partial charge < -0.3 is 4.98 Å². The van der Waals surface area contributed by atoms with Crippen molar-refractivity contribution in [3.8, 4) is 11.1 Å². The maximum atomic E-state index is 13.3. The molecule has 0 bridgehead atoms. The third-order valence-corrected chi connectivity index (χ3v) is 5.95. The first-order valence-corrected chi connectivity index (χ1v) is 10.1. The van der Waals surface area contributed by atoms with E-state index >= 15 is 0 Å². The summed E-state index contributed by atoms with van der Waals surface area (Å²) in [5, 5.41) is 0. The minimum Gasteiger partial charge on any atom is -0.338 e. The van der Waals surface area contributed by atoms with Gasteiger partial charge >= 0.3 is 6.18 Å². The highest BCUT2D eigenvalue weighted by molar-refractivity contribution is 5.85. The van der Waals surface area contributed by atoms with Crippen LogP contribution in [0.3, 0.4) is 0 Å². The van der Waals surface area contributed by atoms with E-state index < -0.39 is 11.7 Å². The Bertz CT molecular complexity index is 1040. The van der Waals surface area contributed by atoms with E-state index in [1.165, 1.54) is 37.8 Å². The van der Waals surface area contributed by atoms with Crippen LogP contribution in [-0.2, 0) is 6.18 Å². The fourth-order valence-corrected chi connectivity index (χ4v) is 4.10. The summed E-state index contributed by atoms with van der Waals surface area (Å²) in [4.78, 5) is 7.81. The molecule has 0 unspecified atom stereocenters. The molecule has 0 spiro atoms. The molecule has 0 atom stereocenters. The van der Waals surface area contributed by atoms with Crippen LogP contribution >= 0.6 is 12.4 Å². The molecule has 0 aliphatic heterocycles. The summed E-state index contributed by atoms with van der Waals surface area (Å²) < 4.78 is 40.0. The quantitative estimate of drug-likeness (QED) is 0.445. The summed E-state index contributed by atoms with van der Waals surface area (Å²) in [6, 6.07) is 10.9. The normalized spacial score (nSPS) is 17.4. The predicted octanol–water partition coefficient (Wildman–Crippen LogP) is 7.90. The van der Waals surface area contributed by atoms with Gasteiger partial charge in [-0.25, -0.2) is 4.98 Å². The molecule has 1 aliphatic carbocycles. The number of rotatable bonds is 3. The van der Waals surface area contributed by atoms with E-state index in [1.54, 1.807) is 24.3 Å². The first-order valence-electron chi connectivity index (χ1n) is 10.1. The Labute approximate surface area is 181 Å². The summed E-state index contributed by atoms with van der Waals surface area (Å²) in [6.45, 7) is 4.64. The molecule has 160 valence electrons. The molecule has 4 rings (SSSR count). The van der Waals surface area contributed by atoms with Gasteiger partial charge in [0.1, 0.15) is 5.82 Å². The first kappa shape index (κ1) is 22.4. The lowest BCUT2D eigenvalue weighted by Crippen LogP contribution is -2.20. The zero-order valence-electron chi connectivity index (χ0n) is 17.1. The number of hydrogen-bond acceptors (Lipinski definition) is 1. The molecule has 30 heavy (non-hydrogen) atoms. The number of aromatic amines is 1. The largest absolute Gasteiger partial charge is 0.417 e. The van der Waals surface area contributed by atoms with Gasteiger partial charge in [0, 0.05) is 0 Å². The molecule has 1 fully saturated rings. The molecule has 2 aromatic carbocycles. The standard InChI is InChI=1S/C24H25F3N2.ClH/c1-23(2)13-11-16(12-14-23)7-10-22-28-20-9-8-17(15-21(20)29-22)18-5-3-4-6-19(18)24(25,26)27;/h3-10,15-16H,11-14H2,1-2H3,(H,28,29);1H/b10-7+;. The summed E-state index contributed by atoms with van der Waals surface area (Å²) in [6.07, 6.45) is 4.65. The SMILES string of the molecule is CC1(C)CCC(/C=C/c2nc3ccc(-c4ccccc4C(F)(F)F)cc3[nH]2)CC1.Cl. The van der Waals surface area contributed by atoms with Gasteiger partial charge in [-0.1, -0.05) is 44.2 Å². The molecular weight excluding hydrogens is 409 g/mol. The molecule has 1 aromatic heterocycles. The average molecular weight is 435 g/mol. The van der Waals surface area contributed by atoms with Gasteiger partial charge in [-0.2, -0.15) is 13.2 Å². The van der Waals surface area contributed by atoms with Crippen molar-refractivity contribution in [1.82, 2.24) is 9.97 Å². The van der Waals surface area contributed by atoms with Crippen molar-refractivity contribution in [3.63, 3.8) is 0 Å². The highest BCUT2D eigenvalue weighted by Crippen LogP contribution is 2.39. The lowest BCUT2D eigenvalue weighted by Gasteiger charge is -2.32. The Morgan fingerprint density at radius 1 is 1.07 bits per heavy atom. The third kappa shape index (κ3) is 4.89. The van der Waals surface area contributed by atoms with Crippen LogP contribution in [0, 0.1) is 11.3 Å². The maximum absolute atomic E-state index is 13.3. The number of aromatic nitrogens is 2. The lowest BCUT2D eigenvalue weighted by atomic mass is 9.73. The van der Waals surface area contributed by atoms with E-state index in [1.807, 2.05) is 6.08 Å². The predicted molar refractivity (Wildman–Crippen MR) is 119 cm³/mol. The van der Waals surface area contributed by atoms with Crippen LogP contribution in [0.25, 0.3) is 28.2 Å². The summed E-state index contributed by atoms with van der Waals surface area (Å²) in [5.41, 5.74) is 2.01. The van der Waals surface area contributed by atoms with Crippen molar-refractivity contribution in [1.29, 1.82) is 0 Å². The first-order chi connectivity index (χ1) is 13.7. The minimum absolute atomic E-state index is 0. The monoisotopic (exact) mass is 434 g/mol. The number of H-pyrrole nitrogens is 1. The Hall–Kier alpha value is -2.27. The zero-order chi connectivity index (χ0) is 20.6. The van der Waals surface area contributed by atoms with Gasteiger partial charge in [0.05, 0.1) is 16.6 Å². The number of fused-ring (bicyclic) bond motifs is 1. The van der Waals surface area contributed by atoms with E-state index in [9.17, 15) is 13.2 Å². The molecule has 3 aromatic rings. The van der Waals surface area contributed by atoms with Crippen molar-refractivity contribution in [3.05, 3.63) is 59.9 Å². The lowest BCUT2D eigenvalue weighted by molar-refractivity contribution is -0.137. The third-order valence-electron chi connectivity index (χ3n) is 5.95. The molecule has 0 saturated heterocycles. The van der Waals surface area contributed by atoms with Crippen LogP contribution in [0.5, 0.6) is 0 Å². The molecule has 6 heteroatoms. The van der Waals surface area contributed by atoms with E-state index in [4.69, 9.17) is 0 Å². The van der Waals surface area contributed by atoms with Gasteiger partial charge in [-0.15, -0.1) is 12.4 Å². The zero-order valence-corrected chi connectivity index (χ0v) is 17.9. The molecule has 1 saturated carbocycles. The van der Waals surface area contributed by atoms with Crippen LogP contribution in [0.1, 0.15) is 50.9 Å². The number of alkyl halides is 3. The van der Waals surface area contributed by atoms with Crippen molar-refractivity contribution in [2.75, 3.05) is 0 Å². The molecule has 0 radical (unpaired) electrons. The number of imidazole rings is 1. The number of hydrogen-bond donors (Lipinski definition) is 1. The van der Waals surface area contributed by atoms with Gasteiger partial charge in [0.25, 0.3) is 0 Å². The number of allylic oxidation sites excluding steroid dienone is 1. The topological polar surface area (TPSA) is 28.7 Å². The van der Waals surface area contributed by atoms with E-state index in [0.29, 0.717) is 16.9 Å². The number of halogens is 4. The van der Waals surface area contributed by atoms with Crippen molar-refractivity contribution in [2.45, 2.75) is 45.7 Å². The van der Waals surface area contributed by atoms with Crippen molar-refractivity contribution >= 4 is 29.5 Å². The van der Waals surface area contributed by atoms with Crippen LogP contribution in [-0.4, -0.2) is 9.97 Å². The Morgan fingerprint density at radius 3 is 2.47 bits per heavy atom. The molecule has 1 heterocycles. The second kappa shape index (κ2) is 8.46. The van der Waals surface area contributed by atoms with Gasteiger partial charge in [-0.05, 0) is 72.4 Å². The molecule has 0 amide bonds. The summed E-state index contributed by atoms with van der Waals surface area (Å²) in [7, 11) is 0. The Kier molecular flexibility index (Phi) is 6.32. The van der Waals surface area contributed by atoms with Crippen molar-refractivity contribution in [2.24, 2.45) is 11.3 Å². The van der Waals surface area contributed by atoms with Crippen LogP contribution < -0.4 is 0 Å². The van der Waals surface area contributed by atoms with Gasteiger partial charge in [-0.3, -0.25) is 0 Å². The van der Waals surface area contributed by atoms with Crippen molar-refractivity contribution < 1.29 is 13.2 Å². The van der Waals surface area contributed by atoms with Crippen LogP contribution in [0.2, 0.25) is 0 Å². The minimum atomic E-state index is -4.39. The second-order valence-electron chi connectivity index (χ2n) is 8.76. The Morgan fingerprint density at radius 2 is 1.77 bits per heavy atom. The molecule has 1 N–H and O–H groups in total. The number of nitrogens with one attached hydrogen (secondary N) is 1. The Balaban J connectivity index is 0.00000256. The average Bonchev–Trinajstić information content (AvgIpc) is 3.08. The highest BCUT2D eigenvalue weighted by Gasteiger charge is 2.33. The van der Waals surface area contributed by atoms with E-state index in [0.717, 1.165) is 22.9 Å².